The minimum Gasteiger partial charge on any atom is -0.399 e. The Labute approximate surface area is 102 Å². The lowest BCUT2D eigenvalue weighted by Crippen LogP contribution is -1.86. The number of benzene rings is 1. The summed E-state index contributed by atoms with van der Waals surface area (Å²) in [5.74, 6) is 0. The Balaban J connectivity index is 2.54. The molecule has 0 radical (unpaired) electrons. The van der Waals surface area contributed by atoms with Gasteiger partial charge in [0.15, 0.2) is 0 Å². The smallest absolute Gasteiger partial charge is 0.0734 e. The van der Waals surface area contributed by atoms with Crippen LogP contribution >= 0.6 is 27.3 Å². The maximum Gasteiger partial charge on any atom is 0.0734 e. The molecule has 78 valence electrons. The van der Waals surface area contributed by atoms with Gasteiger partial charge in [0.05, 0.1) is 3.79 Å². The van der Waals surface area contributed by atoms with Crippen LogP contribution < -0.4 is 5.73 Å². The Morgan fingerprint density at radius 1 is 1.13 bits per heavy atom. The molecule has 0 aliphatic rings. The van der Waals surface area contributed by atoms with Crippen LogP contribution in [0.25, 0.3) is 10.4 Å². The van der Waals surface area contributed by atoms with Gasteiger partial charge >= 0.3 is 0 Å². The first-order chi connectivity index (χ1) is 7.08. The molecule has 0 fully saturated rings. The molecule has 1 aromatic carbocycles. The van der Waals surface area contributed by atoms with Gasteiger partial charge in [-0.05, 0) is 64.7 Å². The molecule has 2 aromatic rings. The van der Waals surface area contributed by atoms with E-state index in [-0.39, 0.29) is 0 Å². The van der Waals surface area contributed by atoms with Crippen LogP contribution in [0.1, 0.15) is 11.1 Å². The van der Waals surface area contributed by atoms with Crippen LogP contribution in [0.4, 0.5) is 5.69 Å². The summed E-state index contributed by atoms with van der Waals surface area (Å²) in [6.07, 6.45) is 0. The molecule has 0 amide bonds. The predicted octanol–water partition coefficient (Wildman–Crippen LogP) is 4.38. The molecular weight excluding hydrogens is 270 g/mol. The minimum absolute atomic E-state index is 0.823. The van der Waals surface area contributed by atoms with Crippen molar-refractivity contribution in [2.75, 3.05) is 5.73 Å². The molecule has 15 heavy (non-hydrogen) atoms. The van der Waals surface area contributed by atoms with E-state index in [0.29, 0.717) is 0 Å². The standard InChI is InChI=1S/C12H12BrNS/c1-7-5-9(14)3-4-10(7)11-6-8(2)12(13)15-11/h3-6H,14H2,1-2H3. The summed E-state index contributed by atoms with van der Waals surface area (Å²) in [7, 11) is 0. The lowest BCUT2D eigenvalue weighted by atomic mass is 10.1. The van der Waals surface area contributed by atoms with Crippen molar-refractivity contribution in [3.8, 4) is 10.4 Å². The van der Waals surface area contributed by atoms with Crippen molar-refractivity contribution in [3.05, 3.63) is 39.2 Å². The van der Waals surface area contributed by atoms with Gasteiger partial charge in [0.2, 0.25) is 0 Å². The van der Waals surface area contributed by atoms with Gasteiger partial charge in [-0.25, -0.2) is 0 Å². The fraction of sp³-hybridized carbons (Fsp3) is 0.167. The largest absolute Gasteiger partial charge is 0.399 e. The predicted molar refractivity (Wildman–Crippen MR) is 71.3 cm³/mol. The van der Waals surface area contributed by atoms with Crippen LogP contribution in [-0.4, -0.2) is 0 Å². The Morgan fingerprint density at radius 3 is 2.40 bits per heavy atom. The van der Waals surface area contributed by atoms with Crippen molar-refractivity contribution in [1.29, 1.82) is 0 Å². The zero-order valence-electron chi connectivity index (χ0n) is 8.67. The summed E-state index contributed by atoms with van der Waals surface area (Å²) < 4.78 is 1.20. The third-order valence-corrected chi connectivity index (χ3v) is 4.54. The molecular formula is C12H12BrNS. The summed E-state index contributed by atoms with van der Waals surface area (Å²) in [6, 6.07) is 8.25. The summed E-state index contributed by atoms with van der Waals surface area (Å²) in [5, 5.41) is 0. The van der Waals surface area contributed by atoms with E-state index in [1.807, 2.05) is 12.1 Å². The molecule has 1 nitrogen and oxygen atoms in total. The highest BCUT2D eigenvalue weighted by Crippen LogP contribution is 2.36. The summed E-state index contributed by atoms with van der Waals surface area (Å²) >= 11 is 5.31. The third kappa shape index (κ3) is 2.08. The van der Waals surface area contributed by atoms with Crippen molar-refractivity contribution >= 4 is 33.0 Å². The number of halogens is 1. The van der Waals surface area contributed by atoms with E-state index in [2.05, 4.69) is 41.9 Å². The normalized spacial score (nSPS) is 10.6. The highest BCUT2D eigenvalue weighted by atomic mass is 79.9. The van der Waals surface area contributed by atoms with E-state index < -0.39 is 0 Å². The number of aryl methyl sites for hydroxylation is 2. The van der Waals surface area contributed by atoms with E-state index in [0.717, 1.165) is 5.69 Å². The van der Waals surface area contributed by atoms with Crippen molar-refractivity contribution in [2.24, 2.45) is 0 Å². The van der Waals surface area contributed by atoms with E-state index in [9.17, 15) is 0 Å². The molecule has 3 heteroatoms. The van der Waals surface area contributed by atoms with Crippen molar-refractivity contribution in [2.45, 2.75) is 13.8 Å². The molecule has 1 heterocycles. The Hall–Kier alpha value is -0.800. The van der Waals surface area contributed by atoms with Gasteiger partial charge in [-0.2, -0.15) is 0 Å². The van der Waals surface area contributed by atoms with Crippen LogP contribution in [0.15, 0.2) is 28.1 Å². The average Bonchev–Trinajstić information content (AvgIpc) is 2.46. The number of hydrogen-bond acceptors (Lipinski definition) is 2. The first-order valence-corrected chi connectivity index (χ1v) is 6.31. The lowest BCUT2D eigenvalue weighted by molar-refractivity contribution is 1.47. The second-order valence-corrected chi connectivity index (χ2v) is 6.01. The van der Waals surface area contributed by atoms with E-state index >= 15 is 0 Å². The second kappa shape index (κ2) is 3.99. The first-order valence-electron chi connectivity index (χ1n) is 4.70. The quantitative estimate of drug-likeness (QED) is 0.772. The maximum absolute atomic E-state index is 5.73. The van der Waals surface area contributed by atoms with Gasteiger partial charge in [0.25, 0.3) is 0 Å². The molecule has 0 saturated carbocycles. The summed E-state index contributed by atoms with van der Waals surface area (Å²) in [5.41, 5.74) is 10.3. The molecule has 0 aliphatic carbocycles. The van der Waals surface area contributed by atoms with Crippen LogP contribution in [0.5, 0.6) is 0 Å². The number of nitrogens with two attached hydrogens (primary N) is 1. The monoisotopic (exact) mass is 281 g/mol. The molecule has 0 atom stereocenters. The molecule has 2 N–H and O–H groups in total. The van der Waals surface area contributed by atoms with Crippen molar-refractivity contribution in [3.63, 3.8) is 0 Å². The van der Waals surface area contributed by atoms with Crippen molar-refractivity contribution in [1.82, 2.24) is 0 Å². The van der Waals surface area contributed by atoms with Crippen LogP contribution in [0, 0.1) is 13.8 Å². The SMILES string of the molecule is Cc1cc(N)ccc1-c1cc(C)c(Br)s1. The number of thiophene rings is 1. The Morgan fingerprint density at radius 2 is 1.87 bits per heavy atom. The first kappa shape index (κ1) is 10.7. The molecule has 0 aliphatic heterocycles. The number of anilines is 1. The van der Waals surface area contributed by atoms with Gasteiger partial charge in [-0.15, -0.1) is 11.3 Å². The zero-order valence-corrected chi connectivity index (χ0v) is 11.1. The maximum atomic E-state index is 5.73. The van der Waals surface area contributed by atoms with Crippen LogP contribution in [0.3, 0.4) is 0 Å². The van der Waals surface area contributed by atoms with E-state index in [1.54, 1.807) is 11.3 Å². The topological polar surface area (TPSA) is 26.0 Å². The van der Waals surface area contributed by atoms with E-state index in [4.69, 9.17) is 5.73 Å². The fourth-order valence-electron chi connectivity index (χ4n) is 1.56. The van der Waals surface area contributed by atoms with Gasteiger partial charge in [0, 0.05) is 10.6 Å². The summed E-state index contributed by atoms with van der Waals surface area (Å²) in [4.78, 5) is 1.29. The highest BCUT2D eigenvalue weighted by Gasteiger charge is 2.07. The molecule has 0 spiro atoms. The third-order valence-electron chi connectivity index (χ3n) is 2.37. The van der Waals surface area contributed by atoms with E-state index in [1.165, 1.54) is 25.4 Å². The highest BCUT2D eigenvalue weighted by molar-refractivity contribution is 9.11. The van der Waals surface area contributed by atoms with Gasteiger partial charge in [-0.1, -0.05) is 6.07 Å². The van der Waals surface area contributed by atoms with Gasteiger partial charge < -0.3 is 5.73 Å². The second-order valence-electron chi connectivity index (χ2n) is 3.64. The molecule has 1 aromatic heterocycles. The fourth-order valence-corrected chi connectivity index (χ4v) is 3.18. The number of rotatable bonds is 1. The van der Waals surface area contributed by atoms with Crippen LogP contribution in [0.2, 0.25) is 0 Å². The van der Waals surface area contributed by atoms with Gasteiger partial charge in [-0.3, -0.25) is 0 Å². The minimum atomic E-state index is 0.823. The Bertz CT molecular complexity index is 483. The molecule has 0 bridgehead atoms. The molecule has 0 saturated heterocycles. The molecule has 0 unspecified atom stereocenters. The van der Waals surface area contributed by atoms with Crippen molar-refractivity contribution < 1.29 is 0 Å². The van der Waals surface area contributed by atoms with Crippen LogP contribution in [-0.2, 0) is 0 Å². The number of hydrogen-bond donors (Lipinski definition) is 1. The number of nitrogen functional groups attached to an aromatic ring is 1. The Kier molecular flexibility index (Phi) is 2.85. The van der Waals surface area contributed by atoms with Gasteiger partial charge in [0.1, 0.15) is 0 Å². The average molecular weight is 282 g/mol. The molecule has 2 rings (SSSR count). The zero-order chi connectivity index (χ0) is 11.0. The lowest BCUT2D eigenvalue weighted by Gasteiger charge is -2.03. The summed E-state index contributed by atoms with van der Waals surface area (Å²) in [6.45, 7) is 4.20.